The Kier molecular flexibility index (Phi) is 14.0. The smallest absolute Gasteiger partial charge is 0.322 e. The molecule has 0 N–H and O–H groups in total. The number of ether oxygens (including phenoxy) is 1. The third-order valence-corrected chi connectivity index (χ3v) is 7.78. The summed E-state index contributed by atoms with van der Waals surface area (Å²) in [6, 6.07) is 14.0. The molecule has 2 unspecified atom stereocenters. The summed E-state index contributed by atoms with van der Waals surface area (Å²) in [5.41, 5.74) is 4.08. The molecule has 2 atom stereocenters. The third-order valence-electron chi connectivity index (χ3n) is 7.78. The highest BCUT2D eigenvalue weighted by Gasteiger charge is 2.46. The molecule has 0 saturated carbocycles. The topological polar surface area (TPSA) is 65.3 Å². The molecule has 0 aromatic heterocycles. The van der Waals surface area contributed by atoms with Crippen LogP contribution in [0.4, 0.5) is 5.69 Å². The molecule has 1 heterocycles. The quantitative estimate of drug-likeness (QED) is 0.149. The van der Waals surface area contributed by atoms with Gasteiger partial charge in [0.15, 0.2) is 12.1 Å². The zero-order valence-corrected chi connectivity index (χ0v) is 27.8. The van der Waals surface area contributed by atoms with Gasteiger partial charge < -0.3 is 14.5 Å². The molecule has 0 saturated heterocycles. The lowest BCUT2D eigenvalue weighted by molar-refractivity contribution is -0.126. The van der Waals surface area contributed by atoms with E-state index < -0.39 is 12.1 Å². The Morgan fingerprint density at radius 3 is 2.22 bits per heavy atom. The summed E-state index contributed by atoms with van der Waals surface area (Å²) in [5, 5.41) is 9.54. The monoisotopic (exact) mass is 615 g/mol. The average molecular weight is 616 g/mol. The molecule has 7 nitrogen and oxygen atoms in total. The lowest BCUT2D eigenvalue weighted by atomic mass is 10.0. The predicted molar refractivity (Wildman–Crippen MR) is 186 cm³/mol. The number of benzene rings is 2. The minimum atomic E-state index is -1.11. The van der Waals surface area contributed by atoms with Gasteiger partial charge in [-0.3, -0.25) is 9.64 Å². The Labute approximate surface area is 275 Å². The number of amides is 1. The Hall–Kier alpha value is -4.98. The molecular formula is C39H45N5O2. The molecule has 0 radical (unpaired) electrons. The molecule has 0 bridgehead atoms. The Balaban J connectivity index is 1.85. The van der Waals surface area contributed by atoms with Gasteiger partial charge in [-0.05, 0) is 62.9 Å². The number of rotatable bonds is 15. The highest BCUT2D eigenvalue weighted by molar-refractivity contribution is 6.02. The van der Waals surface area contributed by atoms with Gasteiger partial charge in [0.2, 0.25) is 11.6 Å². The molecule has 1 aliphatic rings. The largest absolute Gasteiger partial charge is 0.490 e. The number of nitriles is 1. The van der Waals surface area contributed by atoms with Crippen molar-refractivity contribution in [2.75, 3.05) is 24.5 Å². The van der Waals surface area contributed by atoms with Crippen LogP contribution in [-0.2, 0) is 4.79 Å². The van der Waals surface area contributed by atoms with Crippen molar-refractivity contribution in [2.45, 2.75) is 91.3 Å². The van der Waals surface area contributed by atoms with E-state index in [2.05, 4.69) is 52.4 Å². The SMILES string of the molecule is [C-]#[N+]C1=C(/C=C/c2ccc(C#Cc3ccc(N(CCCC)CCCC)cc3OC(C)C)cc2)C(=O)N(CCCC)C1C(C#N)[N+]#[C-]. The Bertz CT molecular complexity index is 1570. The normalized spacial score (nSPS) is 14.9. The minimum Gasteiger partial charge on any atom is -0.490 e. The summed E-state index contributed by atoms with van der Waals surface area (Å²) in [4.78, 5) is 24.3. The first-order valence-corrected chi connectivity index (χ1v) is 16.4. The van der Waals surface area contributed by atoms with Crippen molar-refractivity contribution in [3.8, 4) is 23.7 Å². The molecule has 46 heavy (non-hydrogen) atoms. The van der Waals surface area contributed by atoms with E-state index in [1.54, 1.807) is 12.2 Å². The Morgan fingerprint density at radius 1 is 0.978 bits per heavy atom. The van der Waals surface area contributed by atoms with Crippen molar-refractivity contribution in [3.63, 3.8) is 0 Å². The number of carbonyl (C=O) groups is 1. The van der Waals surface area contributed by atoms with Crippen LogP contribution in [-0.4, -0.2) is 48.6 Å². The van der Waals surface area contributed by atoms with Crippen molar-refractivity contribution in [3.05, 3.63) is 99.3 Å². The maximum atomic E-state index is 13.3. The first kappa shape index (κ1) is 35.5. The van der Waals surface area contributed by atoms with Gasteiger partial charge in [0, 0.05) is 42.5 Å². The summed E-state index contributed by atoms with van der Waals surface area (Å²) < 4.78 is 6.20. The molecule has 0 spiro atoms. The Morgan fingerprint density at radius 2 is 1.65 bits per heavy atom. The highest BCUT2D eigenvalue weighted by atomic mass is 16.5. The fourth-order valence-electron chi connectivity index (χ4n) is 5.27. The summed E-state index contributed by atoms with van der Waals surface area (Å²) in [6.07, 6.45) is 9.62. The number of anilines is 1. The zero-order chi connectivity index (χ0) is 33.5. The molecule has 2 aromatic carbocycles. The van der Waals surface area contributed by atoms with Crippen LogP contribution < -0.4 is 9.64 Å². The van der Waals surface area contributed by atoms with E-state index in [1.807, 2.05) is 57.2 Å². The van der Waals surface area contributed by atoms with Crippen molar-refractivity contribution in [1.82, 2.24) is 4.90 Å². The van der Waals surface area contributed by atoms with Crippen LogP contribution in [0.25, 0.3) is 15.8 Å². The molecule has 0 fully saturated rings. The molecule has 1 amide bonds. The standard InChI is InChI=1S/C39H45N5O2/c1-8-11-24-43(25-12-9-2)33-22-21-32(36(27-33)46-29(4)5)20-18-30-14-16-31(17-15-30)19-23-34-37(42-7)38(35(28-40)41-6)44(39(34)45)26-13-10-3/h14-17,19,21-23,27,29,35,38H,8-13,24-26H2,1-5H3/b23-19+. The van der Waals surface area contributed by atoms with Crippen LogP contribution in [0.1, 0.15) is 89.8 Å². The number of hydrogen-bond acceptors (Lipinski definition) is 4. The second-order valence-corrected chi connectivity index (χ2v) is 11.7. The number of unbranched alkanes of at least 4 members (excludes halogenated alkanes) is 3. The zero-order valence-electron chi connectivity index (χ0n) is 27.8. The van der Waals surface area contributed by atoms with Crippen molar-refractivity contribution in [2.24, 2.45) is 0 Å². The fourth-order valence-corrected chi connectivity index (χ4v) is 5.27. The van der Waals surface area contributed by atoms with E-state index in [9.17, 15) is 10.1 Å². The van der Waals surface area contributed by atoms with Gasteiger partial charge in [0.1, 0.15) is 5.75 Å². The number of nitrogens with zero attached hydrogens (tertiary/aromatic N) is 5. The molecule has 7 heteroatoms. The van der Waals surface area contributed by atoms with Gasteiger partial charge in [0.05, 0.1) is 18.2 Å². The van der Waals surface area contributed by atoms with Gasteiger partial charge in [-0.25, -0.2) is 11.4 Å². The summed E-state index contributed by atoms with van der Waals surface area (Å²) >= 11 is 0. The van der Waals surface area contributed by atoms with Crippen LogP contribution in [0.15, 0.2) is 59.8 Å². The second kappa shape index (κ2) is 18.1. The van der Waals surface area contributed by atoms with Gasteiger partial charge in [-0.15, -0.1) is 0 Å². The van der Waals surface area contributed by atoms with E-state index in [-0.39, 0.29) is 23.3 Å². The van der Waals surface area contributed by atoms with E-state index in [4.69, 9.17) is 17.9 Å². The average Bonchev–Trinajstić information content (AvgIpc) is 3.32. The molecular weight excluding hydrogens is 570 g/mol. The van der Waals surface area contributed by atoms with Gasteiger partial charge in [-0.2, -0.15) is 5.26 Å². The van der Waals surface area contributed by atoms with E-state index in [0.29, 0.717) is 6.54 Å². The fraction of sp³-hybridized carbons (Fsp3) is 0.436. The number of carbonyl (C=O) groups excluding carboxylic acids is 1. The van der Waals surface area contributed by atoms with E-state index in [0.717, 1.165) is 79.7 Å². The van der Waals surface area contributed by atoms with Crippen molar-refractivity contribution in [1.29, 1.82) is 5.26 Å². The third kappa shape index (κ3) is 9.27. The lowest BCUT2D eigenvalue weighted by Gasteiger charge is -2.26. The first-order chi connectivity index (χ1) is 22.3. The summed E-state index contributed by atoms with van der Waals surface area (Å²) in [5.74, 6) is 7.03. The van der Waals surface area contributed by atoms with Gasteiger partial charge in [0.25, 0.3) is 0 Å². The maximum absolute atomic E-state index is 13.3. The van der Waals surface area contributed by atoms with Crippen molar-refractivity contribution >= 4 is 17.7 Å². The first-order valence-electron chi connectivity index (χ1n) is 16.4. The highest BCUT2D eigenvalue weighted by Crippen LogP contribution is 2.32. The molecule has 238 valence electrons. The minimum absolute atomic E-state index is 0.0213. The van der Waals surface area contributed by atoms with Gasteiger partial charge >= 0.3 is 6.04 Å². The predicted octanol–water partition coefficient (Wildman–Crippen LogP) is 8.29. The van der Waals surface area contributed by atoms with Crippen LogP contribution in [0.3, 0.4) is 0 Å². The van der Waals surface area contributed by atoms with Crippen LogP contribution >= 0.6 is 0 Å². The van der Waals surface area contributed by atoms with Gasteiger partial charge in [-0.1, -0.05) is 76.2 Å². The summed E-state index contributed by atoms with van der Waals surface area (Å²) in [6.45, 7) is 28.1. The van der Waals surface area contributed by atoms with E-state index >= 15 is 0 Å². The molecule has 1 aliphatic heterocycles. The van der Waals surface area contributed by atoms with E-state index in [1.165, 1.54) is 4.90 Å². The van der Waals surface area contributed by atoms with Crippen LogP contribution in [0, 0.1) is 36.3 Å². The lowest BCUT2D eigenvalue weighted by Crippen LogP contribution is -2.42. The molecule has 3 rings (SSSR count). The summed E-state index contributed by atoms with van der Waals surface area (Å²) in [7, 11) is 0. The molecule has 0 aliphatic carbocycles. The maximum Gasteiger partial charge on any atom is 0.322 e. The van der Waals surface area contributed by atoms with Crippen LogP contribution in [0.5, 0.6) is 5.75 Å². The molecule has 2 aromatic rings. The number of hydrogen-bond donors (Lipinski definition) is 0. The second-order valence-electron chi connectivity index (χ2n) is 11.7. The van der Waals surface area contributed by atoms with Crippen molar-refractivity contribution < 1.29 is 9.53 Å². The van der Waals surface area contributed by atoms with Crippen LogP contribution in [0.2, 0.25) is 0 Å².